The van der Waals surface area contributed by atoms with Gasteiger partial charge in [-0.2, -0.15) is 0 Å². The Morgan fingerprint density at radius 2 is 2.06 bits per heavy atom. The zero-order chi connectivity index (χ0) is 11.4. The van der Waals surface area contributed by atoms with E-state index in [4.69, 9.17) is 0 Å². The molecular weight excluding hydrogens is 201 g/mol. The lowest BCUT2D eigenvalue weighted by Gasteiger charge is -2.24. The molecule has 0 saturated carbocycles. The largest absolute Gasteiger partial charge is 0.296 e. The summed E-state index contributed by atoms with van der Waals surface area (Å²) in [6, 6.07) is 7.54. The monoisotopic (exact) mass is 221 g/mol. The van der Waals surface area contributed by atoms with E-state index in [9.17, 15) is 4.39 Å². The average Bonchev–Trinajstić information content (AvgIpc) is 2.75. The van der Waals surface area contributed by atoms with Crippen molar-refractivity contribution < 1.29 is 4.39 Å². The highest BCUT2D eigenvalue weighted by atomic mass is 19.1. The van der Waals surface area contributed by atoms with Gasteiger partial charge in [-0.1, -0.05) is 25.5 Å². The summed E-state index contributed by atoms with van der Waals surface area (Å²) in [6.45, 7) is 4.60. The minimum atomic E-state index is -0.137. The first-order valence-corrected chi connectivity index (χ1v) is 6.31. The second kappa shape index (κ2) is 5.44. The van der Waals surface area contributed by atoms with Crippen LogP contribution in [0.2, 0.25) is 0 Å². The third kappa shape index (κ3) is 2.62. The molecule has 1 aromatic rings. The number of halogens is 1. The summed E-state index contributed by atoms with van der Waals surface area (Å²) in [6.07, 6.45) is 4.99. The maximum atomic E-state index is 12.9. The van der Waals surface area contributed by atoms with E-state index in [-0.39, 0.29) is 5.82 Å². The molecule has 0 amide bonds. The Balaban J connectivity index is 2.04. The molecule has 1 saturated heterocycles. The molecule has 0 N–H and O–H groups in total. The van der Waals surface area contributed by atoms with Crippen molar-refractivity contribution in [2.45, 2.75) is 38.6 Å². The third-order valence-corrected chi connectivity index (χ3v) is 3.42. The highest BCUT2D eigenvalue weighted by Gasteiger charge is 2.24. The number of unbranched alkanes of at least 4 members (excludes halogenated alkanes) is 1. The molecule has 1 fully saturated rings. The van der Waals surface area contributed by atoms with Crippen LogP contribution in [0.4, 0.5) is 4.39 Å². The molecule has 0 radical (unpaired) electrons. The summed E-state index contributed by atoms with van der Waals surface area (Å²) in [5.41, 5.74) is 1.27. The van der Waals surface area contributed by atoms with E-state index >= 15 is 0 Å². The van der Waals surface area contributed by atoms with Gasteiger partial charge in [0.1, 0.15) is 5.82 Å². The first-order valence-electron chi connectivity index (χ1n) is 6.31. The number of nitrogens with zero attached hydrogens (tertiary/aromatic N) is 1. The lowest BCUT2D eigenvalue weighted by molar-refractivity contribution is 0.253. The Bertz CT molecular complexity index is 320. The Kier molecular flexibility index (Phi) is 3.94. The molecule has 0 aromatic heterocycles. The van der Waals surface area contributed by atoms with E-state index in [2.05, 4.69) is 11.8 Å². The summed E-state index contributed by atoms with van der Waals surface area (Å²) in [5, 5.41) is 0. The lowest BCUT2D eigenvalue weighted by Crippen LogP contribution is -2.24. The van der Waals surface area contributed by atoms with E-state index in [1.807, 2.05) is 12.1 Å². The first-order chi connectivity index (χ1) is 7.81. The fourth-order valence-corrected chi connectivity index (χ4v) is 2.52. The number of hydrogen-bond donors (Lipinski definition) is 0. The molecule has 0 aliphatic carbocycles. The molecule has 1 aromatic carbocycles. The van der Waals surface area contributed by atoms with Crippen molar-refractivity contribution >= 4 is 0 Å². The topological polar surface area (TPSA) is 3.24 Å². The lowest BCUT2D eigenvalue weighted by atomic mass is 10.0. The predicted octanol–water partition coefficient (Wildman–Crippen LogP) is 3.76. The van der Waals surface area contributed by atoms with E-state index in [0.29, 0.717) is 6.04 Å². The Morgan fingerprint density at radius 3 is 2.75 bits per heavy atom. The van der Waals surface area contributed by atoms with Crippen LogP contribution in [0.1, 0.15) is 44.2 Å². The van der Waals surface area contributed by atoms with Gasteiger partial charge in [-0.05, 0) is 50.0 Å². The van der Waals surface area contributed by atoms with Crippen molar-refractivity contribution in [3.8, 4) is 0 Å². The molecule has 88 valence electrons. The van der Waals surface area contributed by atoms with Gasteiger partial charge in [0.25, 0.3) is 0 Å². The third-order valence-electron chi connectivity index (χ3n) is 3.42. The molecule has 0 bridgehead atoms. The van der Waals surface area contributed by atoms with Crippen LogP contribution in [0, 0.1) is 5.82 Å². The van der Waals surface area contributed by atoms with Crippen LogP contribution in [0.25, 0.3) is 0 Å². The summed E-state index contributed by atoms with van der Waals surface area (Å²) >= 11 is 0. The van der Waals surface area contributed by atoms with Gasteiger partial charge in [0.05, 0.1) is 0 Å². The van der Waals surface area contributed by atoms with E-state index < -0.39 is 0 Å². The van der Waals surface area contributed by atoms with Gasteiger partial charge in [0, 0.05) is 6.04 Å². The maximum Gasteiger partial charge on any atom is 0.123 e. The van der Waals surface area contributed by atoms with Crippen LogP contribution < -0.4 is 0 Å². The van der Waals surface area contributed by atoms with E-state index in [1.54, 1.807) is 12.1 Å². The highest BCUT2D eigenvalue weighted by Crippen LogP contribution is 2.31. The van der Waals surface area contributed by atoms with Gasteiger partial charge in [-0.15, -0.1) is 0 Å². The predicted molar refractivity (Wildman–Crippen MR) is 64.9 cm³/mol. The Hall–Kier alpha value is -0.890. The first kappa shape index (κ1) is 11.6. The molecule has 2 heteroatoms. The van der Waals surface area contributed by atoms with Gasteiger partial charge in [-0.25, -0.2) is 4.39 Å². The molecule has 1 nitrogen and oxygen atoms in total. The molecule has 1 heterocycles. The summed E-state index contributed by atoms with van der Waals surface area (Å²) in [5.74, 6) is -0.137. The zero-order valence-corrected chi connectivity index (χ0v) is 9.95. The van der Waals surface area contributed by atoms with Gasteiger partial charge < -0.3 is 0 Å². The summed E-state index contributed by atoms with van der Waals surface area (Å²) in [4.78, 5) is 2.54. The fraction of sp³-hybridized carbons (Fsp3) is 0.571. The van der Waals surface area contributed by atoms with Gasteiger partial charge >= 0.3 is 0 Å². The van der Waals surface area contributed by atoms with Crippen molar-refractivity contribution in [3.63, 3.8) is 0 Å². The maximum absolute atomic E-state index is 12.9. The number of hydrogen-bond acceptors (Lipinski definition) is 1. The van der Waals surface area contributed by atoms with Crippen molar-refractivity contribution in [2.75, 3.05) is 13.1 Å². The van der Waals surface area contributed by atoms with Gasteiger partial charge in [-0.3, -0.25) is 4.90 Å². The Labute approximate surface area is 97.3 Å². The molecule has 16 heavy (non-hydrogen) atoms. The minimum absolute atomic E-state index is 0.137. The molecular formula is C14H20FN. The van der Waals surface area contributed by atoms with E-state index in [0.717, 1.165) is 0 Å². The smallest absolute Gasteiger partial charge is 0.123 e. The fourth-order valence-electron chi connectivity index (χ4n) is 2.52. The van der Waals surface area contributed by atoms with E-state index in [1.165, 1.54) is 44.3 Å². The van der Waals surface area contributed by atoms with Crippen LogP contribution in [0.5, 0.6) is 0 Å². The minimum Gasteiger partial charge on any atom is -0.296 e. The molecule has 0 spiro atoms. The standard InChI is InChI=1S/C14H20FN/c1-2-3-10-16-11-4-5-14(16)12-6-8-13(15)9-7-12/h6-9,14H,2-5,10-11H2,1H3. The molecule has 1 aliphatic rings. The molecule has 1 unspecified atom stereocenters. The molecule has 1 aliphatic heterocycles. The van der Waals surface area contributed by atoms with Crippen molar-refractivity contribution in [1.29, 1.82) is 0 Å². The van der Waals surface area contributed by atoms with Crippen LogP contribution >= 0.6 is 0 Å². The number of rotatable bonds is 4. The van der Waals surface area contributed by atoms with Crippen LogP contribution in [-0.2, 0) is 0 Å². The average molecular weight is 221 g/mol. The second-order valence-corrected chi connectivity index (χ2v) is 4.60. The van der Waals surface area contributed by atoms with Crippen molar-refractivity contribution in [3.05, 3.63) is 35.6 Å². The summed E-state index contributed by atoms with van der Waals surface area (Å²) in [7, 11) is 0. The van der Waals surface area contributed by atoms with Crippen molar-refractivity contribution in [2.24, 2.45) is 0 Å². The molecule has 2 rings (SSSR count). The Morgan fingerprint density at radius 1 is 1.31 bits per heavy atom. The van der Waals surface area contributed by atoms with Crippen LogP contribution in [0.3, 0.4) is 0 Å². The number of likely N-dealkylation sites (tertiary alicyclic amines) is 1. The van der Waals surface area contributed by atoms with Crippen LogP contribution in [-0.4, -0.2) is 18.0 Å². The SMILES string of the molecule is CCCCN1CCCC1c1ccc(F)cc1. The normalized spacial score (nSPS) is 21.5. The number of benzene rings is 1. The van der Waals surface area contributed by atoms with Gasteiger partial charge in [0.2, 0.25) is 0 Å². The second-order valence-electron chi connectivity index (χ2n) is 4.60. The van der Waals surface area contributed by atoms with Crippen molar-refractivity contribution in [1.82, 2.24) is 4.90 Å². The summed E-state index contributed by atoms with van der Waals surface area (Å²) < 4.78 is 12.9. The quantitative estimate of drug-likeness (QED) is 0.748. The van der Waals surface area contributed by atoms with Gasteiger partial charge in [0.15, 0.2) is 0 Å². The molecule has 1 atom stereocenters. The van der Waals surface area contributed by atoms with Crippen LogP contribution in [0.15, 0.2) is 24.3 Å². The zero-order valence-electron chi connectivity index (χ0n) is 9.95. The highest BCUT2D eigenvalue weighted by molar-refractivity contribution is 5.20.